The number of piperidine rings is 1. The summed E-state index contributed by atoms with van der Waals surface area (Å²) in [5.74, 6) is 0.749. The molecule has 9 heteroatoms. The van der Waals surface area contributed by atoms with Gasteiger partial charge in [0.1, 0.15) is 11.4 Å². The average molecular weight is 419 g/mol. The van der Waals surface area contributed by atoms with Gasteiger partial charge in [-0.05, 0) is 49.9 Å². The van der Waals surface area contributed by atoms with Crippen molar-refractivity contribution in [3.63, 3.8) is 0 Å². The summed E-state index contributed by atoms with van der Waals surface area (Å²) in [7, 11) is -3.81. The molecule has 29 heavy (non-hydrogen) atoms. The Bertz CT molecular complexity index is 928. The summed E-state index contributed by atoms with van der Waals surface area (Å²) >= 11 is 0. The first-order chi connectivity index (χ1) is 13.8. The van der Waals surface area contributed by atoms with Crippen LogP contribution in [0.15, 0.2) is 29.3 Å². The van der Waals surface area contributed by atoms with Crippen molar-refractivity contribution in [1.29, 1.82) is 0 Å². The van der Waals surface area contributed by atoms with Gasteiger partial charge in [0.15, 0.2) is 0 Å². The summed E-state index contributed by atoms with van der Waals surface area (Å²) in [6.45, 7) is 6.31. The Morgan fingerprint density at radius 3 is 2.45 bits per heavy atom. The van der Waals surface area contributed by atoms with Gasteiger partial charge in [-0.1, -0.05) is 13.8 Å². The molecular weight excluding hydrogens is 390 g/mol. The molecule has 0 unspecified atom stereocenters. The Labute approximate surface area is 172 Å². The minimum absolute atomic E-state index is 0.0203. The van der Waals surface area contributed by atoms with Gasteiger partial charge in [-0.3, -0.25) is 14.1 Å². The number of amides is 1. The second kappa shape index (κ2) is 7.28. The van der Waals surface area contributed by atoms with Gasteiger partial charge in [-0.25, -0.2) is 0 Å². The lowest BCUT2D eigenvalue weighted by Gasteiger charge is -2.35. The summed E-state index contributed by atoms with van der Waals surface area (Å²) in [5.41, 5.74) is 5.91. The fraction of sp³-hybridized carbons (Fsp3) is 0.550. The summed E-state index contributed by atoms with van der Waals surface area (Å²) in [6, 6.07) is 7.44. The molecule has 0 saturated carbocycles. The second-order valence-corrected chi connectivity index (χ2v) is 9.91. The molecule has 1 aromatic rings. The van der Waals surface area contributed by atoms with E-state index in [9.17, 15) is 13.2 Å². The van der Waals surface area contributed by atoms with Crippen LogP contribution in [0.4, 0.5) is 11.4 Å². The van der Waals surface area contributed by atoms with E-state index in [0.29, 0.717) is 31.0 Å². The van der Waals surface area contributed by atoms with Gasteiger partial charge in [0.05, 0.1) is 12.2 Å². The van der Waals surface area contributed by atoms with Crippen molar-refractivity contribution in [1.82, 2.24) is 4.31 Å². The zero-order valence-electron chi connectivity index (χ0n) is 16.9. The minimum atomic E-state index is -3.81. The largest absolute Gasteiger partial charge is 0.368 e. The van der Waals surface area contributed by atoms with Crippen molar-refractivity contribution in [2.45, 2.75) is 38.6 Å². The van der Waals surface area contributed by atoms with E-state index in [2.05, 4.69) is 23.7 Å². The van der Waals surface area contributed by atoms with Crippen LogP contribution in [0.5, 0.6) is 0 Å². The van der Waals surface area contributed by atoms with Crippen LogP contribution in [-0.2, 0) is 15.0 Å². The number of hydrogen-bond donors (Lipinski definition) is 1. The lowest BCUT2D eigenvalue weighted by atomic mass is 9.88. The van der Waals surface area contributed by atoms with Gasteiger partial charge >= 0.3 is 10.2 Å². The maximum absolute atomic E-state index is 13.2. The number of anilines is 2. The molecule has 3 aliphatic rings. The minimum Gasteiger partial charge on any atom is -0.368 e. The van der Waals surface area contributed by atoms with Crippen molar-refractivity contribution >= 4 is 33.3 Å². The highest BCUT2D eigenvalue weighted by Crippen LogP contribution is 2.41. The number of primary amides is 1. The highest BCUT2D eigenvalue weighted by Gasteiger charge is 2.59. The van der Waals surface area contributed by atoms with Gasteiger partial charge in [0, 0.05) is 31.2 Å². The number of benzene rings is 1. The Morgan fingerprint density at radius 2 is 1.83 bits per heavy atom. The molecule has 3 aliphatic heterocycles. The van der Waals surface area contributed by atoms with Crippen molar-refractivity contribution < 1.29 is 13.2 Å². The molecule has 2 saturated heterocycles. The molecular formula is C20H28N5O3S. The fourth-order valence-corrected chi connectivity index (χ4v) is 6.44. The third kappa shape index (κ3) is 3.20. The zero-order valence-corrected chi connectivity index (χ0v) is 17.7. The predicted octanol–water partition coefficient (Wildman–Crippen LogP) is 1.54. The summed E-state index contributed by atoms with van der Waals surface area (Å²) < 4.78 is 28.9. The number of hydrogen-bond acceptors (Lipinski definition) is 5. The number of carbonyl (C=O) groups is 1. The molecule has 0 spiro atoms. The molecule has 157 valence electrons. The van der Waals surface area contributed by atoms with Gasteiger partial charge in [-0.2, -0.15) is 12.7 Å². The Kier molecular flexibility index (Phi) is 5.06. The van der Waals surface area contributed by atoms with Crippen molar-refractivity contribution in [2.24, 2.45) is 16.6 Å². The Hall–Kier alpha value is -2.13. The first-order valence-corrected chi connectivity index (χ1v) is 11.5. The van der Waals surface area contributed by atoms with Crippen LogP contribution in [0.2, 0.25) is 0 Å². The molecule has 8 nitrogen and oxygen atoms in total. The van der Waals surface area contributed by atoms with E-state index in [1.54, 1.807) is 18.6 Å². The Balaban J connectivity index is 1.65. The van der Waals surface area contributed by atoms with Crippen LogP contribution in [0.1, 0.15) is 33.1 Å². The number of aliphatic imine (C=N–C) groups is 1. The van der Waals surface area contributed by atoms with Crippen LogP contribution in [0, 0.1) is 12.3 Å². The topological polar surface area (TPSA) is 99.3 Å². The maximum Gasteiger partial charge on any atom is 0.305 e. The van der Waals surface area contributed by atoms with Crippen LogP contribution in [0.25, 0.3) is 0 Å². The quantitative estimate of drug-likeness (QED) is 0.802. The van der Waals surface area contributed by atoms with Crippen molar-refractivity contribution in [3.8, 4) is 0 Å². The first kappa shape index (κ1) is 20.2. The van der Waals surface area contributed by atoms with Gasteiger partial charge < -0.3 is 10.6 Å². The van der Waals surface area contributed by atoms with E-state index >= 15 is 0 Å². The molecule has 1 amide bonds. The molecule has 0 bridgehead atoms. The van der Waals surface area contributed by atoms with Crippen LogP contribution in [0.3, 0.4) is 0 Å². The molecule has 0 aliphatic carbocycles. The van der Waals surface area contributed by atoms with Crippen LogP contribution < -0.4 is 14.9 Å². The molecule has 2 fully saturated rings. The summed E-state index contributed by atoms with van der Waals surface area (Å²) in [5, 5.41) is 0. The highest BCUT2D eigenvalue weighted by molar-refractivity contribution is 7.90. The number of rotatable bonds is 4. The summed E-state index contributed by atoms with van der Waals surface area (Å²) in [6.07, 6.45) is 4.11. The average Bonchev–Trinajstić information content (AvgIpc) is 2.97. The molecule has 1 radical (unpaired) electrons. The molecule has 2 N–H and O–H groups in total. The van der Waals surface area contributed by atoms with E-state index in [1.807, 2.05) is 12.1 Å². The SMILES string of the molecule is CC(C)C1=NCCCN1c1ccc(N2C[C@@]3(C(N)=O)[CH]CCCN3S2(=O)=O)cc1. The fourth-order valence-electron chi connectivity index (χ4n) is 4.46. The van der Waals surface area contributed by atoms with Crippen molar-refractivity contribution in [2.75, 3.05) is 35.4 Å². The number of fused-ring (bicyclic) bond motifs is 1. The third-order valence-corrected chi connectivity index (χ3v) is 7.88. The second-order valence-electron chi connectivity index (χ2n) is 8.14. The standard InChI is InChI=1S/C20H28N5O3S/c1-15(2)18-22-11-5-12-23(18)16-6-8-17(9-7-16)24-14-20(19(21)26)10-3-4-13-25(20)29(24,27)28/h6-10,15H,3-5,11-14H2,1-2H3,(H2,21,26)/t20-/m1/s1. The normalized spacial score (nSPS) is 27.1. The van der Waals surface area contributed by atoms with E-state index in [-0.39, 0.29) is 6.54 Å². The van der Waals surface area contributed by atoms with Crippen LogP contribution in [-0.4, -0.2) is 56.2 Å². The monoisotopic (exact) mass is 418 g/mol. The molecule has 1 aromatic carbocycles. The van der Waals surface area contributed by atoms with Gasteiger partial charge in [-0.15, -0.1) is 0 Å². The highest BCUT2D eigenvalue weighted by atomic mass is 32.2. The predicted molar refractivity (Wildman–Crippen MR) is 114 cm³/mol. The van der Waals surface area contributed by atoms with Crippen LogP contribution >= 0.6 is 0 Å². The molecule has 1 atom stereocenters. The maximum atomic E-state index is 13.2. The van der Waals surface area contributed by atoms with Crippen molar-refractivity contribution in [3.05, 3.63) is 30.7 Å². The molecule has 4 rings (SSSR count). The third-order valence-electron chi connectivity index (χ3n) is 5.92. The zero-order chi connectivity index (χ0) is 20.8. The van der Waals surface area contributed by atoms with E-state index in [4.69, 9.17) is 5.73 Å². The van der Waals surface area contributed by atoms with Gasteiger partial charge in [0.2, 0.25) is 5.91 Å². The lowest BCUT2D eigenvalue weighted by Crippen LogP contribution is -2.59. The molecule has 0 aromatic heterocycles. The van der Waals surface area contributed by atoms with E-state index < -0.39 is 21.7 Å². The number of nitrogens with zero attached hydrogens (tertiary/aromatic N) is 4. The Morgan fingerprint density at radius 1 is 1.14 bits per heavy atom. The molecule has 3 heterocycles. The van der Waals surface area contributed by atoms with E-state index in [1.165, 1.54) is 8.61 Å². The first-order valence-electron chi connectivity index (χ1n) is 10.1. The summed E-state index contributed by atoms with van der Waals surface area (Å²) in [4.78, 5) is 19.1. The number of nitrogens with two attached hydrogens (primary N) is 1. The van der Waals surface area contributed by atoms with E-state index in [0.717, 1.165) is 31.0 Å². The van der Waals surface area contributed by atoms with Gasteiger partial charge in [0.25, 0.3) is 0 Å². The lowest BCUT2D eigenvalue weighted by molar-refractivity contribution is -0.125. The number of carbonyl (C=O) groups excluding carboxylic acids is 1. The number of amidine groups is 1. The smallest absolute Gasteiger partial charge is 0.305 e.